The highest BCUT2D eigenvalue weighted by molar-refractivity contribution is 5.93. The topological polar surface area (TPSA) is 96.0 Å². The second-order valence-electron chi connectivity index (χ2n) is 6.60. The smallest absolute Gasteiger partial charge is 0.239 e. The molecule has 0 unspecified atom stereocenters. The summed E-state index contributed by atoms with van der Waals surface area (Å²) in [6.07, 6.45) is 1.29. The number of piperazine rings is 1. The number of anilines is 1. The Morgan fingerprint density at radius 2 is 2.11 bits per heavy atom. The van der Waals surface area contributed by atoms with Crippen molar-refractivity contribution >= 4 is 22.6 Å². The zero-order chi connectivity index (χ0) is 19.0. The number of nitrogens with zero attached hydrogens (tertiary/aromatic N) is 4. The molecule has 3 aromatic rings. The number of benzene rings is 1. The molecule has 1 aliphatic rings. The Bertz CT molecular complexity index is 1000. The number of carbonyl (C=O) groups excluding carboxylic acids is 1. The van der Waals surface area contributed by atoms with E-state index in [-0.39, 0.29) is 24.3 Å². The van der Waals surface area contributed by atoms with Crippen molar-refractivity contribution in [2.24, 2.45) is 0 Å². The van der Waals surface area contributed by atoms with Crippen molar-refractivity contribution in [2.45, 2.75) is 20.0 Å². The Kier molecular flexibility index (Phi) is 4.35. The molecule has 0 spiro atoms. The fourth-order valence-electron chi connectivity index (χ4n) is 3.04. The zero-order valence-electron chi connectivity index (χ0n) is 15.0. The first-order valence-corrected chi connectivity index (χ1v) is 8.69. The van der Waals surface area contributed by atoms with Crippen molar-refractivity contribution in [3.63, 3.8) is 0 Å². The van der Waals surface area contributed by atoms with Crippen LogP contribution in [0.4, 0.5) is 10.2 Å². The van der Waals surface area contributed by atoms with E-state index in [2.05, 4.69) is 25.5 Å². The van der Waals surface area contributed by atoms with Gasteiger partial charge in [-0.25, -0.2) is 14.4 Å². The molecule has 140 valence electrons. The van der Waals surface area contributed by atoms with E-state index in [1.54, 1.807) is 12.1 Å². The van der Waals surface area contributed by atoms with Gasteiger partial charge in [-0.2, -0.15) is 5.10 Å². The Morgan fingerprint density at radius 3 is 2.89 bits per heavy atom. The van der Waals surface area contributed by atoms with Crippen molar-refractivity contribution in [1.29, 1.82) is 0 Å². The molecular formula is C18H19FN6O2. The highest BCUT2D eigenvalue weighted by atomic mass is 19.1. The SMILES string of the molecule is CC(C)Oc1cc2c(-c3cc(N4CCNC(=O)C4)ncn3)n[nH]c2cc1F. The summed E-state index contributed by atoms with van der Waals surface area (Å²) in [6, 6.07) is 4.76. The number of aromatic amines is 1. The van der Waals surface area contributed by atoms with E-state index >= 15 is 0 Å². The molecule has 0 bridgehead atoms. The minimum absolute atomic E-state index is 0.0439. The lowest BCUT2D eigenvalue weighted by molar-refractivity contribution is -0.120. The second-order valence-corrected chi connectivity index (χ2v) is 6.60. The number of halogens is 1. The first-order chi connectivity index (χ1) is 13.0. The summed E-state index contributed by atoms with van der Waals surface area (Å²) in [5.74, 6) is 0.320. The third-order valence-corrected chi connectivity index (χ3v) is 4.24. The number of hydrogen-bond donors (Lipinski definition) is 2. The van der Waals surface area contributed by atoms with E-state index in [0.717, 1.165) is 0 Å². The fourth-order valence-corrected chi connectivity index (χ4v) is 3.04. The van der Waals surface area contributed by atoms with Gasteiger partial charge in [0.1, 0.15) is 17.8 Å². The molecule has 3 heterocycles. The zero-order valence-corrected chi connectivity index (χ0v) is 15.0. The quantitative estimate of drug-likeness (QED) is 0.728. The molecule has 1 aromatic carbocycles. The van der Waals surface area contributed by atoms with Crippen LogP contribution in [0.3, 0.4) is 0 Å². The number of aromatic nitrogens is 4. The van der Waals surface area contributed by atoms with Gasteiger partial charge in [0.15, 0.2) is 11.6 Å². The average Bonchev–Trinajstić information content (AvgIpc) is 3.04. The Morgan fingerprint density at radius 1 is 1.26 bits per heavy atom. The minimum Gasteiger partial charge on any atom is -0.488 e. The van der Waals surface area contributed by atoms with E-state index in [9.17, 15) is 9.18 Å². The summed E-state index contributed by atoms with van der Waals surface area (Å²) in [4.78, 5) is 22.1. The van der Waals surface area contributed by atoms with Gasteiger partial charge < -0.3 is 15.0 Å². The van der Waals surface area contributed by atoms with Crippen molar-refractivity contribution in [1.82, 2.24) is 25.5 Å². The largest absolute Gasteiger partial charge is 0.488 e. The summed E-state index contributed by atoms with van der Waals surface area (Å²) in [7, 11) is 0. The number of H-pyrrole nitrogens is 1. The van der Waals surface area contributed by atoms with Gasteiger partial charge in [-0.15, -0.1) is 0 Å². The van der Waals surface area contributed by atoms with Gasteiger partial charge in [-0.1, -0.05) is 0 Å². The molecule has 1 amide bonds. The number of nitrogens with one attached hydrogen (secondary N) is 2. The maximum atomic E-state index is 14.2. The van der Waals surface area contributed by atoms with E-state index in [1.807, 2.05) is 18.7 Å². The Hall–Kier alpha value is -3.23. The van der Waals surface area contributed by atoms with Crippen LogP contribution in [-0.4, -0.2) is 51.8 Å². The van der Waals surface area contributed by atoms with E-state index in [4.69, 9.17) is 4.74 Å². The van der Waals surface area contributed by atoms with Crippen LogP contribution in [0.2, 0.25) is 0 Å². The number of amides is 1. The number of hydrogen-bond acceptors (Lipinski definition) is 6. The van der Waals surface area contributed by atoms with E-state index in [0.29, 0.717) is 41.2 Å². The summed E-state index contributed by atoms with van der Waals surface area (Å²) >= 11 is 0. The van der Waals surface area contributed by atoms with Crippen LogP contribution in [-0.2, 0) is 4.79 Å². The predicted octanol–water partition coefficient (Wildman–Crippen LogP) is 1.88. The maximum absolute atomic E-state index is 14.2. The average molecular weight is 370 g/mol. The normalized spacial score (nSPS) is 14.7. The molecule has 1 saturated heterocycles. The molecular weight excluding hydrogens is 351 g/mol. The molecule has 2 N–H and O–H groups in total. The summed E-state index contributed by atoms with van der Waals surface area (Å²) < 4.78 is 19.7. The molecule has 0 atom stereocenters. The minimum atomic E-state index is -0.450. The summed E-state index contributed by atoms with van der Waals surface area (Å²) in [5, 5.41) is 10.6. The highest BCUT2D eigenvalue weighted by Crippen LogP contribution is 2.31. The van der Waals surface area contributed by atoms with Crippen LogP contribution < -0.4 is 15.0 Å². The lowest BCUT2D eigenvalue weighted by Gasteiger charge is -2.27. The Balaban J connectivity index is 1.74. The molecule has 2 aromatic heterocycles. The van der Waals surface area contributed by atoms with Gasteiger partial charge in [-0.05, 0) is 19.9 Å². The van der Waals surface area contributed by atoms with Crippen LogP contribution >= 0.6 is 0 Å². The van der Waals surface area contributed by atoms with E-state index in [1.165, 1.54) is 12.4 Å². The molecule has 0 aliphatic carbocycles. The maximum Gasteiger partial charge on any atom is 0.239 e. The molecule has 4 rings (SSSR count). The molecule has 1 aliphatic heterocycles. The number of rotatable bonds is 4. The molecule has 1 fully saturated rings. The van der Waals surface area contributed by atoms with Crippen molar-refractivity contribution in [3.8, 4) is 17.1 Å². The highest BCUT2D eigenvalue weighted by Gasteiger charge is 2.20. The van der Waals surface area contributed by atoms with Crippen molar-refractivity contribution in [3.05, 3.63) is 30.3 Å². The van der Waals surface area contributed by atoms with E-state index < -0.39 is 5.82 Å². The number of carbonyl (C=O) groups is 1. The van der Waals surface area contributed by atoms with Gasteiger partial charge in [0, 0.05) is 30.6 Å². The van der Waals surface area contributed by atoms with Crippen LogP contribution in [0.5, 0.6) is 5.75 Å². The summed E-state index contributed by atoms with van der Waals surface area (Å²) in [5.41, 5.74) is 1.71. The number of ether oxygens (including phenoxy) is 1. The molecule has 0 radical (unpaired) electrons. The third kappa shape index (κ3) is 3.40. The Labute approximate surface area is 154 Å². The molecule has 9 heteroatoms. The fraction of sp³-hybridized carbons (Fsp3) is 0.333. The number of fused-ring (bicyclic) bond motifs is 1. The van der Waals surface area contributed by atoms with Crippen LogP contribution in [0.25, 0.3) is 22.3 Å². The first-order valence-electron chi connectivity index (χ1n) is 8.69. The van der Waals surface area contributed by atoms with Crippen molar-refractivity contribution < 1.29 is 13.9 Å². The van der Waals surface area contributed by atoms with Crippen LogP contribution in [0.15, 0.2) is 24.5 Å². The predicted molar refractivity (Wildman–Crippen MR) is 98.1 cm³/mol. The standard InChI is InChI=1S/C18H19FN6O2/c1-10(2)27-15-5-11-13(6-12(15)19)23-24-18(11)14-7-16(22-9-21-14)25-4-3-20-17(26)8-25/h5-7,9-10H,3-4,8H2,1-2H3,(H,20,26)(H,23,24). The van der Waals surface area contributed by atoms with Gasteiger partial charge >= 0.3 is 0 Å². The van der Waals surface area contributed by atoms with Crippen LogP contribution in [0.1, 0.15) is 13.8 Å². The van der Waals surface area contributed by atoms with Gasteiger partial charge in [-0.3, -0.25) is 9.89 Å². The third-order valence-electron chi connectivity index (χ3n) is 4.24. The van der Waals surface area contributed by atoms with Gasteiger partial charge in [0.25, 0.3) is 0 Å². The van der Waals surface area contributed by atoms with Gasteiger partial charge in [0.2, 0.25) is 5.91 Å². The molecule has 8 nitrogen and oxygen atoms in total. The molecule has 27 heavy (non-hydrogen) atoms. The van der Waals surface area contributed by atoms with Gasteiger partial charge in [0.05, 0.1) is 23.9 Å². The van der Waals surface area contributed by atoms with Crippen LogP contribution in [0, 0.1) is 5.82 Å². The lowest BCUT2D eigenvalue weighted by Crippen LogP contribution is -2.48. The second kappa shape index (κ2) is 6.82. The molecule has 0 saturated carbocycles. The lowest BCUT2D eigenvalue weighted by atomic mass is 10.1. The monoisotopic (exact) mass is 370 g/mol. The first kappa shape index (κ1) is 17.2. The van der Waals surface area contributed by atoms with Crippen molar-refractivity contribution in [2.75, 3.05) is 24.5 Å². The summed E-state index contributed by atoms with van der Waals surface area (Å²) in [6.45, 7) is 5.16.